The van der Waals surface area contributed by atoms with E-state index in [9.17, 15) is 4.79 Å². The second-order valence-corrected chi connectivity index (χ2v) is 8.36. The van der Waals surface area contributed by atoms with Crippen LogP contribution in [0.25, 0.3) is 11.0 Å². The van der Waals surface area contributed by atoms with Crippen molar-refractivity contribution < 1.29 is 4.79 Å². The Kier molecular flexibility index (Phi) is 4.30. The lowest BCUT2D eigenvalue weighted by atomic mass is 9.84. The molecule has 2 fully saturated rings. The maximum atomic E-state index is 12.4. The van der Waals surface area contributed by atoms with Gasteiger partial charge in [-0.3, -0.25) is 4.79 Å². The van der Waals surface area contributed by atoms with Gasteiger partial charge in [-0.05, 0) is 75.0 Å². The summed E-state index contributed by atoms with van der Waals surface area (Å²) >= 11 is 0. The number of amides is 1. The van der Waals surface area contributed by atoms with E-state index >= 15 is 0 Å². The second-order valence-electron chi connectivity index (χ2n) is 8.36. The lowest BCUT2D eigenvalue weighted by molar-refractivity contribution is -0.122. The Hall–Kier alpha value is -1.84. The molecule has 1 aromatic heterocycles. The van der Waals surface area contributed by atoms with E-state index in [1.165, 1.54) is 36.8 Å². The molecule has 4 nitrogen and oxygen atoms in total. The molecule has 1 heterocycles. The van der Waals surface area contributed by atoms with E-state index in [1.807, 2.05) is 0 Å². The van der Waals surface area contributed by atoms with E-state index in [0.29, 0.717) is 24.8 Å². The largest absolute Gasteiger partial charge is 0.353 e. The highest BCUT2D eigenvalue weighted by Gasteiger charge is 2.42. The summed E-state index contributed by atoms with van der Waals surface area (Å²) in [6.45, 7) is 6.37. The van der Waals surface area contributed by atoms with Crippen molar-refractivity contribution in [2.45, 2.75) is 65.3 Å². The summed E-state index contributed by atoms with van der Waals surface area (Å²) in [4.78, 5) is 20.4. The predicted octanol–water partition coefficient (Wildman–Crippen LogP) is 4.05. The fourth-order valence-electron chi connectivity index (χ4n) is 5.21. The maximum absolute atomic E-state index is 12.4. The highest BCUT2D eigenvalue weighted by atomic mass is 16.1. The van der Waals surface area contributed by atoms with Crippen molar-refractivity contribution in [3.05, 3.63) is 29.1 Å². The van der Waals surface area contributed by atoms with Crippen LogP contribution in [0.3, 0.4) is 0 Å². The van der Waals surface area contributed by atoms with Gasteiger partial charge in [-0.25, -0.2) is 4.98 Å². The molecule has 4 heteroatoms. The molecule has 2 bridgehead atoms. The van der Waals surface area contributed by atoms with Crippen molar-refractivity contribution in [2.75, 3.05) is 0 Å². The molecule has 134 valence electrons. The zero-order chi connectivity index (χ0) is 17.6. The van der Waals surface area contributed by atoms with Gasteiger partial charge in [0.25, 0.3) is 0 Å². The molecule has 2 saturated carbocycles. The molecule has 1 aromatic carbocycles. The number of carbonyl (C=O) groups is 1. The van der Waals surface area contributed by atoms with Gasteiger partial charge in [0.05, 0.1) is 11.0 Å². The van der Waals surface area contributed by atoms with E-state index in [1.54, 1.807) is 0 Å². The number of imidazole rings is 1. The van der Waals surface area contributed by atoms with Crippen LogP contribution in [0, 0.1) is 31.6 Å². The van der Waals surface area contributed by atoms with Crippen LogP contribution in [0.4, 0.5) is 0 Å². The Morgan fingerprint density at radius 3 is 2.88 bits per heavy atom. The lowest BCUT2D eigenvalue weighted by Gasteiger charge is -2.28. The van der Waals surface area contributed by atoms with Crippen molar-refractivity contribution >= 4 is 16.9 Å². The zero-order valence-corrected chi connectivity index (χ0v) is 15.6. The van der Waals surface area contributed by atoms with Gasteiger partial charge in [0.2, 0.25) is 5.91 Å². The Bertz CT molecular complexity index is 794. The molecule has 0 spiro atoms. The van der Waals surface area contributed by atoms with Crippen LogP contribution in [0.2, 0.25) is 0 Å². The first-order chi connectivity index (χ1) is 12.0. The molecule has 4 rings (SSSR count). The van der Waals surface area contributed by atoms with Crippen molar-refractivity contribution in [2.24, 2.45) is 17.8 Å². The Morgan fingerprint density at radius 1 is 1.32 bits per heavy atom. The zero-order valence-electron chi connectivity index (χ0n) is 15.6. The minimum absolute atomic E-state index is 0.156. The van der Waals surface area contributed by atoms with Crippen LogP contribution in [-0.2, 0) is 11.2 Å². The van der Waals surface area contributed by atoms with Gasteiger partial charge < -0.3 is 10.3 Å². The normalized spacial score (nSPS) is 26.3. The van der Waals surface area contributed by atoms with Gasteiger partial charge in [0, 0.05) is 18.9 Å². The first-order valence-electron chi connectivity index (χ1n) is 9.75. The summed E-state index contributed by atoms with van der Waals surface area (Å²) in [5, 5.41) is 3.25. The van der Waals surface area contributed by atoms with Crippen molar-refractivity contribution in [3.63, 3.8) is 0 Å². The van der Waals surface area contributed by atoms with Gasteiger partial charge >= 0.3 is 0 Å². The highest BCUT2D eigenvalue weighted by molar-refractivity contribution is 5.80. The van der Waals surface area contributed by atoms with Crippen LogP contribution in [-0.4, -0.2) is 21.9 Å². The summed E-state index contributed by atoms with van der Waals surface area (Å²) in [5.41, 5.74) is 4.52. The van der Waals surface area contributed by atoms with Gasteiger partial charge in [0.15, 0.2) is 0 Å². The number of H-pyrrole nitrogens is 1. The maximum Gasteiger partial charge on any atom is 0.220 e. The Labute approximate surface area is 149 Å². The predicted molar refractivity (Wildman–Crippen MR) is 100 cm³/mol. The number of benzene rings is 1. The van der Waals surface area contributed by atoms with Gasteiger partial charge in [-0.15, -0.1) is 0 Å². The van der Waals surface area contributed by atoms with Crippen LogP contribution in [0.1, 0.15) is 56.0 Å². The lowest BCUT2D eigenvalue weighted by Crippen LogP contribution is -2.40. The fourth-order valence-corrected chi connectivity index (χ4v) is 5.21. The molecule has 25 heavy (non-hydrogen) atoms. The molecule has 2 N–H and O–H groups in total. The SMILES string of the molecule is Cc1cc(C)c2nc(CCC(=O)N[C@H](C)[C@H]3C[C@H]4CC[C@H]3C4)[nH]c2c1. The second kappa shape index (κ2) is 6.47. The number of aromatic amines is 1. The van der Waals surface area contributed by atoms with Gasteiger partial charge in [-0.2, -0.15) is 0 Å². The Morgan fingerprint density at radius 2 is 2.16 bits per heavy atom. The number of aromatic nitrogens is 2. The molecular weight excluding hydrogens is 310 g/mol. The Balaban J connectivity index is 1.33. The first-order valence-corrected chi connectivity index (χ1v) is 9.75. The number of nitrogens with one attached hydrogen (secondary N) is 2. The van der Waals surface area contributed by atoms with E-state index in [4.69, 9.17) is 0 Å². The van der Waals surface area contributed by atoms with Crippen molar-refractivity contribution in [1.82, 2.24) is 15.3 Å². The summed E-state index contributed by atoms with van der Waals surface area (Å²) in [7, 11) is 0. The number of rotatable bonds is 5. The molecule has 0 unspecified atom stereocenters. The van der Waals surface area contributed by atoms with E-state index in [0.717, 1.165) is 28.7 Å². The number of hydrogen-bond donors (Lipinski definition) is 2. The number of hydrogen-bond acceptors (Lipinski definition) is 2. The van der Waals surface area contributed by atoms with Crippen molar-refractivity contribution in [1.29, 1.82) is 0 Å². The molecule has 0 aliphatic heterocycles. The minimum Gasteiger partial charge on any atom is -0.353 e. The number of nitrogens with zero attached hydrogens (tertiary/aromatic N) is 1. The summed E-state index contributed by atoms with van der Waals surface area (Å²) in [6, 6.07) is 4.58. The number of carbonyl (C=O) groups excluding carboxylic acids is 1. The molecule has 0 radical (unpaired) electrons. The van der Waals surface area contributed by atoms with E-state index in [2.05, 4.69) is 48.2 Å². The molecule has 2 aliphatic carbocycles. The van der Waals surface area contributed by atoms with E-state index in [-0.39, 0.29) is 5.91 Å². The molecule has 2 aliphatic rings. The first kappa shape index (κ1) is 16.6. The van der Waals surface area contributed by atoms with Crippen LogP contribution in [0.15, 0.2) is 12.1 Å². The quantitative estimate of drug-likeness (QED) is 0.863. The third-order valence-corrected chi connectivity index (χ3v) is 6.38. The van der Waals surface area contributed by atoms with Gasteiger partial charge in [0.1, 0.15) is 5.82 Å². The smallest absolute Gasteiger partial charge is 0.220 e. The third kappa shape index (κ3) is 3.31. The van der Waals surface area contributed by atoms with Crippen molar-refractivity contribution in [3.8, 4) is 0 Å². The number of aryl methyl sites for hydroxylation is 3. The monoisotopic (exact) mass is 339 g/mol. The third-order valence-electron chi connectivity index (χ3n) is 6.38. The summed E-state index contributed by atoms with van der Waals surface area (Å²) < 4.78 is 0. The average Bonchev–Trinajstić information content (AvgIpc) is 3.27. The van der Waals surface area contributed by atoms with Gasteiger partial charge in [-0.1, -0.05) is 12.5 Å². The van der Waals surface area contributed by atoms with Crippen LogP contribution in [0.5, 0.6) is 0 Å². The minimum atomic E-state index is 0.156. The number of fused-ring (bicyclic) bond motifs is 3. The highest BCUT2D eigenvalue weighted by Crippen LogP contribution is 2.49. The molecule has 4 atom stereocenters. The van der Waals surface area contributed by atoms with Crippen LogP contribution >= 0.6 is 0 Å². The molecular formula is C21H29N3O. The van der Waals surface area contributed by atoms with E-state index < -0.39 is 0 Å². The average molecular weight is 339 g/mol. The molecule has 2 aromatic rings. The summed E-state index contributed by atoms with van der Waals surface area (Å²) in [6.07, 6.45) is 6.66. The topological polar surface area (TPSA) is 57.8 Å². The van der Waals surface area contributed by atoms with Crippen LogP contribution < -0.4 is 5.32 Å². The summed E-state index contributed by atoms with van der Waals surface area (Å²) in [5.74, 6) is 3.54. The standard InChI is InChI=1S/C21H29N3O/c1-12-8-13(2)21-18(9-12)23-19(24-21)6-7-20(25)22-14(3)17-11-15-4-5-16(17)10-15/h8-9,14-17H,4-7,10-11H2,1-3H3,(H,22,25)(H,23,24)/t14-,15+,16+,17-/m1/s1. The molecule has 0 saturated heterocycles. The molecule has 1 amide bonds. The fraction of sp³-hybridized carbons (Fsp3) is 0.619.